The number of carbonyl (C=O) groups is 2. The maximum absolute atomic E-state index is 12.1. The summed E-state index contributed by atoms with van der Waals surface area (Å²) in [6, 6.07) is 11.9. The lowest BCUT2D eigenvalue weighted by molar-refractivity contribution is -0.123. The van der Waals surface area contributed by atoms with Gasteiger partial charge in [0, 0.05) is 5.69 Å². The maximum atomic E-state index is 12.1. The number of methoxy groups -OCH3 is 1. The van der Waals surface area contributed by atoms with Gasteiger partial charge in [0.1, 0.15) is 17.9 Å². The van der Waals surface area contributed by atoms with Crippen LogP contribution >= 0.6 is 11.6 Å². The van der Waals surface area contributed by atoms with Crippen LogP contribution in [0.25, 0.3) is 0 Å². The van der Waals surface area contributed by atoms with Crippen LogP contribution < -0.4 is 20.1 Å². The SMILES string of the molecule is COc1ccc(NC(=O)CC(=O)Nc2ccccc2OC(C)C)cc1Cl. The minimum Gasteiger partial charge on any atom is -0.495 e. The van der Waals surface area contributed by atoms with E-state index in [1.54, 1.807) is 36.4 Å². The van der Waals surface area contributed by atoms with E-state index in [4.69, 9.17) is 21.1 Å². The van der Waals surface area contributed by atoms with Gasteiger partial charge in [0.2, 0.25) is 11.8 Å². The number of nitrogens with one attached hydrogen (secondary N) is 2. The van der Waals surface area contributed by atoms with Crippen LogP contribution in [0, 0.1) is 0 Å². The molecule has 2 rings (SSSR count). The van der Waals surface area contributed by atoms with Gasteiger partial charge in [-0.2, -0.15) is 0 Å². The van der Waals surface area contributed by atoms with Gasteiger partial charge in [0.05, 0.1) is 23.9 Å². The van der Waals surface area contributed by atoms with Crippen molar-refractivity contribution in [1.29, 1.82) is 0 Å². The topological polar surface area (TPSA) is 76.7 Å². The van der Waals surface area contributed by atoms with E-state index in [2.05, 4.69) is 10.6 Å². The lowest BCUT2D eigenvalue weighted by Crippen LogP contribution is -2.22. The average Bonchev–Trinajstić information content (AvgIpc) is 2.56. The molecule has 6 nitrogen and oxygen atoms in total. The smallest absolute Gasteiger partial charge is 0.233 e. The quantitative estimate of drug-likeness (QED) is 0.713. The largest absolute Gasteiger partial charge is 0.495 e. The summed E-state index contributed by atoms with van der Waals surface area (Å²) in [5.74, 6) is 0.162. The second-order valence-electron chi connectivity index (χ2n) is 5.79. The summed E-state index contributed by atoms with van der Waals surface area (Å²) in [5.41, 5.74) is 1.00. The van der Waals surface area contributed by atoms with Crippen LogP contribution in [0.1, 0.15) is 20.3 Å². The summed E-state index contributed by atoms with van der Waals surface area (Å²) in [5, 5.41) is 5.69. The van der Waals surface area contributed by atoms with Crippen LogP contribution in [0.15, 0.2) is 42.5 Å². The number of amides is 2. The van der Waals surface area contributed by atoms with Crippen molar-refractivity contribution in [2.75, 3.05) is 17.7 Å². The van der Waals surface area contributed by atoms with Gasteiger partial charge in [0.15, 0.2) is 0 Å². The summed E-state index contributed by atoms with van der Waals surface area (Å²) in [7, 11) is 1.50. The Bertz CT molecular complexity index is 793. The number of ether oxygens (including phenoxy) is 2. The van der Waals surface area contributed by atoms with Crippen LogP contribution in [-0.2, 0) is 9.59 Å². The fourth-order valence-electron chi connectivity index (χ4n) is 2.22. The molecule has 0 fully saturated rings. The highest BCUT2D eigenvalue weighted by Gasteiger charge is 2.13. The predicted molar refractivity (Wildman–Crippen MR) is 102 cm³/mol. The Morgan fingerprint density at radius 2 is 1.73 bits per heavy atom. The van der Waals surface area contributed by atoms with Crippen molar-refractivity contribution >= 4 is 34.8 Å². The monoisotopic (exact) mass is 376 g/mol. The Morgan fingerprint density at radius 3 is 2.38 bits per heavy atom. The van der Waals surface area contributed by atoms with Crippen molar-refractivity contribution in [2.45, 2.75) is 26.4 Å². The summed E-state index contributed by atoms with van der Waals surface area (Å²) in [6.45, 7) is 3.79. The molecule has 0 saturated heterocycles. The molecule has 2 aromatic rings. The van der Waals surface area contributed by atoms with Gasteiger partial charge < -0.3 is 20.1 Å². The first-order valence-electron chi connectivity index (χ1n) is 8.08. The number of halogens is 1. The molecule has 0 radical (unpaired) electrons. The molecule has 7 heteroatoms. The molecule has 0 atom stereocenters. The van der Waals surface area contributed by atoms with Crippen molar-refractivity contribution in [3.63, 3.8) is 0 Å². The summed E-state index contributed by atoms with van der Waals surface area (Å²) in [6.07, 6.45) is -0.365. The summed E-state index contributed by atoms with van der Waals surface area (Å²) in [4.78, 5) is 24.2. The number of hydrogen-bond donors (Lipinski definition) is 2. The van der Waals surface area contributed by atoms with E-state index in [9.17, 15) is 9.59 Å². The third-order valence-corrected chi connectivity index (χ3v) is 3.58. The second-order valence-corrected chi connectivity index (χ2v) is 6.19. The van der Waals surface area contributed by atoms with Gasteiger partial charge in [-0.1, -0.05) is 23.7 Å². The molecule has 0 unspecified atom stereocenters. The highest BCUT2D eigenvalue weighted by Crippen LogP contribution is 2.27. The van der Waals surface area contributed by atoms with E-state index in [0.29, 0.717) is 27.9 Å². The fourth-order valence-corrected chi connectivity index (χ4v) is 2.47. The molecule has 0 bridgehead atoms. The number of hydrogen-bond acceptors (Lipinski definition) is 4. The molecule has 138 valence electrons. The Balaban J connectivity index is 1.95. The standard InChI is InChI=1S/C19H21ClN2O4/c1-12(2)26-17-7-5-4-6-15(17)22-19(24)11-18(23)21-13-8-9-16(25-3)14(20)10-13/h4-10,12H,11H2,1-3H3,(H,21,23)(H,22,24). The normalized spacial score (nSPS) is 10.3. The highest BCUT2D eigenvalue weighted by atomic mass is 35.5. The highest BCUT2D eigenvalue weighted by molar-refractivity contribution is 6.32. The molecule has 26 heavy (non-hydrogen) atoms. The molecule has 0 saturated carbocycles. The summed E-state index contributed by atoms with van der Waals surface area (Å²) >= 11 is 6.02. The maximum Gasteiger partial charge on any atom is 0.233 e. The minimum atomic E-state index is -0.453. The third kappa shape index (κ3) is 5.67. The molecule has 2 amide bonds. The molecule has 0 aliphatic heterocycles. The Hall–Kier alpha value is -2.73. The first-order chi connectivity index (χ1) is 12.4. The van der Waals surface area contributed by atoms with Gasteiger partial charge in [-0.15, -0.1) is 0 Å². The van der Waals surface area contributed by atoms with E-state index in [0.717, 1.165) is 0 Å². The Kier molecular flexibility index (Phi) is 6.86. The molecule has 0 aliphatic carbocycles. The minimum absolute atomic E-state index is 0.0313. The predicted octanol–water partition coefficient (Wildman–Crippen LogP) is 4.10. The average molecular weight is 377 g/mol. The van der Waals surface area contributed by atoms with E-state index >= 15 is 0 Å². The molecular weight excluding hydrogens is 356 g/mol. The summed E-state index contributed by atoms with van der Waals surface area (Å²) < 4.78 is 10.7. The van der Waals surface area contributed by atoms with Crippen molar-refractivity contribution in [1.82, 2.24) is 0 Å². The van der Waals surface area contributed by atoms with Crippen LogP contribution in [-0.4, -0.2) is 25.0 Å². The van der Waals surface area contributed by atoms with E-state index in [-0.39, 0.29) is 12.5 Å². The molecule has 0 aliphatic rings. The first kappa shape index (κ1) is 19.6. The number of para-hydroxylation sites is 2. The second kappa shape index (κ2) is 9.10. The van der Waals surface area contributed by atoms with Crippen molar-refractivity contribution in [3.8, 4) is 11.5 Å². The van der Waals surface area contributed by atoms with Gasteiger partial charge in [-0.25, -0.2) is 0 Å². The van der Waals surface area contributed by atoms with E-state index in [1.165, 1.54) is 7.11 Å². The van der Waals surface area contributed by atoms with Crippen LogP contribution in [0.3, 0.4) is 0 Å². The van der Waals surface area contributed by atoms with Gasteiger partial charge >= 0.3 is 0 Å². The lowest BCUT2D eigenvalue weighted by atomic mass is 10.2. The third-order valence-electron chi connectivity index (χ3n) is 3.28. The molecular formula is C19H21ClN2O4. The number of benzene rings is 2. The van der Waals surface area contributed by atoms with E-state index < -0.39 is 11.8 Å². The first-order valence-corrected chi connectivity index (χ1v) is 8.45. The van der Waals surface area contributed by atoms with Crippen molar-refractivity contribution in [2.24, 2.45) is 0 Å². The molecule has 0 spiro atoms. The zero-order chi connectivity index (χ0) is 19.1. The van der Waals surface area contributed by atoms with Crippen LogP contribution in [0.5, 0.6) is 11.5 Å². The zero-order valence-electron chi connectivity index (χ0n) is 14.8. The fraction of sp³-hybridized carbons (Fsp3) is 0.263. The van der Waals surface area contributed by atoms with Crippen LogP contribution in [0.4, 0.5) is 11.4 Å². The van der Waals surface area contributed by atoms with Gasteiger partial charge in [0.25, 0.3) is 0 Å². The molecule has 0 aromatic heterocycles. The molecule has 0 heterocycles. The molecule has 2 aromatic carbocycles. The Labute approximate surface area is 157 Å². The number of anilines is 2. The Morgan fingerprint density at radius 1 is 1.04 bits per heavy atom. The van der Waals surface area contributed by atoms with Gasteiger partial charge in [-0.3, -0.25) is 9.59 Å². The van der Waals surface area contributed by atoms with Crippen molar-refractivity contribution in [3.05, 3.63) is 47.5 Å². The van der Waals surface area contributed by atoms with Crippen LogP contribution in [0.2, 0.25) is 5.02 Å². The van der Waals surface area contributed by atoms with Crippen molar-refractivity contribution < 1.29 is 19.1 Å². The molecule has 2 N–H and O–H groups in total. The zero-order valence-corrected chi connectivity index (χ0v) is 15.6. The lowest BCUT2D eigenvalue weighted by Gasteiger charge is -2.14. The van der Waals surface area contributed by atoms with E-state index in [1.807, 2.05) is 19.9 Å². The number of rotatable bonds is 7. The van der Waals surface area contributed by atoms with Gasteiger partial charge in [-0.05, 0) is 44.2 Å². The number of carbonyl (C=O) groups excluding carboxylic acids is 2.